The van der Waals surface area contributed by atoms with Crippen LogP contribution in [0.5, 0.6) is 0 Å². The number of rotatable bonds is 3. The Morgan fingerprint density at radius 1 is 1.24 bits per heavy atom. The number of halogens is 4. The van der Waals surface area contributed by atoms with E-state index in [-0.39, 0.29) is 0 Å². The first-order valence-electron chi connectivity index (χ1n) is 4.74. The summed E-state index contributed by atoms with van der Waals surface area (Å²) in [5.41, 5.74) is 1.62. The van der Waals surface area contributed by atoms with Crippen LogP contribution in [0, 0.1) is 0 Å². The molecular formula is C10H7Br2Cl2N3. The van der Waals surface area contributed by atoms with Gasteiger partial charge in [-0.25, -0.2) is 4.68 Å². The second-order valence-corrected chi connectivity index (χ2v) is 5.69. The molecule has 7 heteroatoms. The van der Waals surface area contributed by atoms with Gasteiger partial charge < -0.3 is 0 Å². The number of hydrogen-bond donors (Lipinski definition) is 0. The molecule has 0 amide bonds. The number of benzene rings is 1. The maximum Gasteiger partial charge on any atom is 0.0865 e. The first-order valence-corrected chi connectivity index (χ1v) is 7.41. The summed E-state index contributed by atoms with van der Waals surface area (Å²) in [6, 6.07) is 3.67. The summed E-state index contributed by atoms with van der Waals surface area (Å²) >= 11 is 18.9. The van der Waals surface area contributed by atoms with Crippen molar-refractivity contribution in [3.05, 3.63) is 38.5 Å². The predicted octanol–water partition coefficient (Wildman–Crippen LogP) is 4.27. The summed E-state index contributed by atoms with van der Waals surface area (Å²) in [5, 5.41) is 9.85. The lowest BCUT2D eigenvalue weighted by Gasteiger charge is -2.06. The van der Waals surface area contributed by atoms with Crippen molar-refractivity contribution in [3.8, 4) is 5.69 Å². The van der Waals surface area contributed by atoms with Crippen LogP contribution in [0.2, 0.25) is 10.0 Å². The van der Waals surface area contributed by atoms with E-state index in [1.165, 1.54) is 0 Å². The lowest BCUT2D eigenvalue weighted by atomic mass is 10.3. The molecule has 0 saturated heterocycles. The van der Waals surface area contributed by atoms with E-state index in [4.69, 9.17) is 23.2 Å². The van der Waals surface area contributed by atoms with Crippen molar-refractivity contribution in [2.24, 2.45) is 0 Å². The Morgan fingerprint density at radius 2 is 2.00 bits per heavy atom. The topological polar surface area (TPSA) is 30.7 Å². The zero-order valence-electron chi connectivity index (χ0n) is 8.50. The van der Waals surface area contributed by atoms with Crippen LogP contribution >= 0.6 is 55.1 Å². The molecule has 3 nitrogen and oxygen atoms in total. The van der Waals surface area contributed by atoms with Crippen molar-refractivity contribution in [1.82, 2.24) is 15.0 Å². The normalized spacial score (nSPS) is 10.8. The number of alkyl halides is 1. The Kier molecular flexibility index (Phi) is 4.47. The minimum atomic E-state index is 0.455. The Hall–Kier alpha value is -0.100. The van der Waals surface area contributed by atoms with Gasteiger partial charge in [-0.15, -0.1) is 5.10 Å². The van der Waals surface area contributed by atoms with Gasteiger partial charge in [0.2, 0.25) is 0 Å². The van der Waals surface area contributed by atoms with E-state index in [0.717, 1.165) is 21.9 Å². The van der Waals surface area contributed by atoms with Gasteiger partial charge in [-0.2, -0.15) is 0 Å². The van der Waals surface area contributed by atoms with Crippen molar-refractivity contribution in [1.29, 1.82) is 0 Å². The van der Waals surface area contributed by atoms with Gasteiger partial charge in [-0.3, -0.25) is 0 Å². The van der Waals surface area contributed by atoms with Crippen LogP contribution in [0.25, 0.3) is 5.69 Å². The number of aryl methyl sites for hydroxylation is 1. The molecule has 2 rings (SSSR count). The maximum absolute atomic E-state index is 6.16. The Morgan fingerprint density at radius 3 is 2.71 bits per heavy atom. The molecule has 1 aromatic heterocycles. The molecule has 0 radical (unpaired) electrons. The van der Waals surface area contributed by atoms with E-state index in [1.54, 1.807) is 4.68 Å². The number of hydrogen-bond acceptors (Lipinski definition) is 2. The standard InChI is InChI=1S/C10H7Br2Cl2N3/c11-4-3-6-5-17(16-15-6)8-2-1-7(12)9(13)10(8)14/h1-2,5H,3-4H2. The van der Waals surface area contributed by atoms with Crippen LogP contribution in [-0.4, -0.2) is 20.3 Å². The van der Waals surface area contributed by atoms with Gasteiger partial charge in [0.25, 0.3) is 0 Å². The third-order valence-corrected chi connectivity index (χ3v) is 4.31. The molecule has 0 bridgehead atoms. The van der Waals surface area contributed by atoms with Gasteiger partial charge in [0.15, 0.2) is 0 Å². The van der Waals surface area contributed by atoms with E-state index in [2.05, 4.69) is 42.2 Å². The van der Waals surface area contributed by atoms with Crippen LogP contribution in [0.15, 0.2) is 22.8 Å². The minimum Gasteiger partial charge on any atom is -0.219 e. The van der Waals surface area contributed by atoms with Gasteiger partial charge in [0.05, 0.1) is 27.6 Å². The zero-order chi connectivity index (χ0) is 12.4. The van der Waals surface area contributed by atoms with E-state index in [1.807, 2.05) is 18.3 Å². The van der Waals surface area contributed by atoms with Crippen molar-refractivity contribution in [2.75, 3.05) is 5.33 Å². The molecule has 1 heterocycles. The first-order chi connectivity index (χ1) is 8.13. The average molecular weight is 400 g/mol. The minimum absolute atomic E-state index is 0.455. The fraction of sp³-hybridized carbons (Fsp3) is 0.200. The van der Waals surface area contributed by atoms with Crippen LogP contribution in [0.4, 0.5) is 0 Å². The smallest absolute Gasteiger partial charge is 0.0865 e. The maximum atomic E-state index is 6.16. The highest BCUT2D eigenvalue weighted by Crippen LogP contribution is 2.34. The average Bonchev–Trinajstić information content (AvgIpc) is 2.75. The fourth-order valence-electron chi connectivity index (χ4n) is 1.32. The Bertz CT molecular complexity index is 542. The van der Waals surface area contributed by atoms with Crippen LogP contribution in [0.3, 0.4) is 0 Å². The molecule has 0 aliphatic heterocycles. The quantitative estimate of drug-likeness (QED) is 0.570. The van der Waals surface area contributed by atoms with Gasteiger partial charge in [0, 0.05) is 16.2 Å². The molecule has 1 aromatic carbocycles. The van der Waals surface area contributed by atoms with Crippen LogP contribution in [-0.2, 0) is 6.42 Å². The highest BCUT2D eigenvalue weighted by atomic mass is 79.9. The van der Waals surface area contributed by atoms with Gasteiger partial charge in [0.1, 0.15) is 0 Å². The Labute approximate surface area is 125 Å². The van der Waals surface area contributed by atoms with Crippen molar-refractivity contribution in [3.63, 3.8) is 0 Å². The van der Waals surface area contributed by atoms with Crippen molar-refractivity contribution < 1.29 is 0 Å². The van der Waals surface area contributed by atoms with Crippen molar-refractivity contribution in [2.45, 2.75) is 6.42 Å². The second kappa shape index (κ2) is 5.69. The molecule has 0 fully saturated rings. The van der Waals surface area contributed by atoms with Gasteiger partial charge in [-0.1, -0.05) is 44.3 Å². The lowest BCUT2D eigenvalue weighted by molar-refractivity contribution is 0.798. The molecule has 0 spiro atoms. The van der Waals surface area contributed by atoms with E-state index >= 15 is 0 Å². The molecule has 0 atom stereocenters. The van der Waals surface area contributed by atoms with Gasteiger partial charge >= 0.3 is 0 Å². The third kappa shape index (κ3) is 2.84. The molecule has 17 heavy (non-hydrogen) atoms. The van der Waals surface area contributed by atoms with Crippen LogP contribution < -0.4 is 0 Å². The summed E-state index contributed by atoms with van der Waals surface area (Å²) in [6.07, 6.45) is 2.66. The van der Waals surface area contributed by atoms with E-state index < -0.39 is 0 Å². The third-order valence-electron chi connectivity index (χ3n) is 2.15. The molecule has 0 aliphatic carbocycles. The Balaban J connectivity index is 2.42. The summed E-state index contributed by atoms with van der Waals surface area (Å²) in [6.45, 7) is 0. The number of nitrogens with zero attached hydrogens (tertiary/aromatic N) is 3. The molecule has 0 N–H and O–H groups in total. The van der Waals surface area contributed by atoms with E-state index in [9.17, 15) is 0 Å². The molecular weight excluding hydrogens is 393 g/mol. The largest absolute Gasteiger partial charge is 0.219 e. The van der Waals surface area contributed by atoms with Crippen molar-refractivity contribution >= 4 is 55.1 Å². The molecule has 2 aromatic rings. The zero-order valence-corrected chi connectivity index (χ0v) is 13.2. The highest BCUT2D eigenvalue weighted by Gasteiger charge is 2.11. The SMILES string of the molecule is Clc1c(Br)ccc(-n2cc(CCBr)nn2)c1Cl. The summed E-state index contributed by atoms with van der Waals surface area (Å²) < 4.78 is 2.38. The monoisotopic (exact) mass is 397 g/mol. The highest BCUT2D eigenvalue weighted by molar-refractivity contribution is 9.10. The molecule has 0 saturated carbocycles. The number of aromatic nitrogens is 3. The molecule has 0 unspecified atom stereocenters. The summed E-state index contributed by atoms with van der Waals surface area (Å²) in [4.78, 5) is 0. The second-order valence-electron chi connectivity index (χ2n) is 3.29. The summed E-state index contributed by atoms with van der Waals surface area (Å²) in [5.74, 6) is 0. The summed E-state index contributed by atoms with van der Waals surface area (Å²) in [7, 11) is 0. The predicted molar refractivity (Wildman–Crippen MR) is 76.6 cm³/mol. The lowest BCUT2D eigenvalue weighted by Crippen LogP contribution is -1.96. The first kappa shape index (κ1) is 13.3. The fourth-order valence-corrected chi connectivity index (χ4v) is 2.58. The van der Waals surface area contributed by atoms with Gasteiger partial charge in [-0.05, 0) is 28.1 Å². The van der Waals surface area contributed by atoms with E-state index in [0.29, 0.717) is 15.7 Å². The molecule has 0 aliphatic rings. The molecule has 90 valence electrons. The van der Waals surface area contributed by atoms with Crippen LogP contribution in [0.1, 0.15) is 5.69 Å².